The molecule has 0 atom stereocenters. The molecule has 0 aliphatic carbocycles. The average Bonchev–Trinajstić information content (AvgIpc) is 2.92. The first-order valence-electron chi connectivity index (χ1n) is 12.3. The van der Waals surface area contributed by atoms with Crippen LogP contribution in [0.25, 0.3) is 21.9 Å². The summed E-state index contributed by atoms with van der Waals surface area (Å²) in [6.07, 6.45) is 0.824. The number of rotatable bonds is 11. The van der Waals surface area contributed by atoms with Crippen molar-refractivity contribution in [1.82, 2.24) is 4.90 Å². The highest BCUT2D eigenvalue weighted by Crippen LogP contribution is 2.34. The van der Waals surface area contributed by atoms with Crippen molar-refractivity contribution in [3.8, 4) is 28.4 Å². The maximum Gasteiger partial charge on any atom is 0.119 e. The molecule has 0 saturated heterocycles. The molecule has 0 heterocycles. The smallest absolute Gasteiger partial charge is 0.119 e. The second-order valence-corrected chi connectivity index (χ2v) is 8.60. The van der Waals surface area contributed by atoms with E-state index in [1.54, 1.807) is 14.2 Å². The quantitative estimate of drug-likeness (QED) is 0.215. The monoisotopic (exact) mass is 505 g/mol. The van der Waals surface area contributed by atoms with E-state index in [2.05, 4.69) is 79.4 Å². The Hall–Kier alpha value is -3.21. The van der Waals surface area contributed by atoms with Crippen molar-refractivity contribution in [2.75, 3.05) is 40.5 Å². The number of ether oxygens (including phenoxy) is 3. The molecule has 4 nitrogen and oxygen atoms in total. The molecule has 0 fully saturated rings. The molecule has 0 N–H and O–H groups in total. The first-order valence-corrected chi connectivity index (χ1v) is 12.3. The summed E-state index contributed by atoms with van der Waals surface area (Å²) in [6.45, 7) is 8.11. The maximum absolute atomic E-state index is 5.99. The van der Waals surface area contributed by atoms with Crippen LogP contribution in [-0.2, 0) is 6.42 Å². The SMILES string of the molecule is CCN(CC)CCOc1ccc(Cc2c(-c3ccc(OC)cc3)ccc3cc(OC)ccc23)cc1.Cl. The lowest BCUT2D eigenvalue weighted by Gasteiger charge is -2.18. The fourth-order valence-corrected chi connectivity index (χ4v) is 4.47. The minimum absolute atomic E-state index is 0. The fourth-order valence-electron chi connectivity index (χ4n) is 4.47. The molecular formula is C31H36ClNO3. The molecule has 0 amide bonds. The lowest BCUT2D eigenvalue weighted by molar-refractivity contribution is 0.223. The number of hydrogen-bond acceptors (Lipinski definition) is 4. The molecule has 4 aromatic carbocycles. The summed E-state index contributed by atoms with van der Waals surface area (Å²) >= 11 is 0. The van der Waals surface area contributed by atoms with E-state index in [4.69, 9.17) is 14.2 Å². The van der Waals surface area contributed by atoms with Crippen LogP contribution in [0.1, 0.15) is 25.0 Å². The van der Waals surface area contributed by atoms with Gasteiger partial charge in [0.1, 0.15) is 23.9 Å². The molecule has 0 aromatic heterocycles. The van der Waals surface area contributed by atoms with Gasteiger partial charge in [-0.15, -0.1) is 12.4 Å². The third-order valence-electron chi connectivity index (χ3n) is 6.61. The molecule has 0 saturated carbocycles. The van der Waals surface area contributed by atoms with Gasteiger partial charge in [0.15, 0.2) is 0 Å². The van der Waals surface area contributed by atoms with Crippen LogP contribution in [-0.4, -0.2) is 45.4 Å². The number of halogens is 1. The van der Waals surface area contributed by atoms with Gasteiger partial charge in [-0.1, -0.05) is 56.3 Å². The molecule has 4 aromatic rings. The number of fused-ring (bicyclic) bond motifs is 1. The molecule has 4 rings (SSSR count). The molecule has 190 valence electrons. The predicted molar refractivity (Wildman–Crippen MR) is 152 cm³/mol. The highest BCUT2D eigenvalue weighted by molar-refractivity contribution is 5.93. The van der Waals surface area contributed by atoms with Gasteiger partial charge in [-0.05, 0) is 88.9 Å². The van der Waals surface area contributed by atoms with Gasteiger partial charge in [0.2, 0.25) is 0 Å². The Balaban J connectivity index is 0.00000361. The molecule has 0 radical (unpaired) electrons. The Morgan fingerprint density at radius 3 is 1.97 bits per heavy atom. The fraction of sp³-hybridized carbons (Fsp3) is 0.290. The lowest BCUT2D eigenvalue weighted by atomic mass is 9.90. The third-order valence-corrected chi connectivity index (χ3v) is 6.61. The van der Waals surface area contributed by atoms with Crippen molar-refractivity contribution < 1.29 is 14.2 Å². The normalized spacial score (nSPS) is 10.8. The second-order valence-electron chi connectivity index (χ2n) is 8.60. The van der Waals surface area contributed by atoms with Crippen LogP contribution in [0.3, 0.4) is 0 Å². The molecular weight excluding hydrogens is 470 g/mol. The van der Waals surface area contributed by atoms with E-state index in [0.29, 0.717) is 6.61 Å². The molecule has 0 aliphatic rings. The van der Waals surface area contributed by atoms with Crippen molar-refractivity contribution in [3.63, 3.8) is 0 Å². The highest BCUT2D eigenvalue weighted by atomic mass is 35.5. The van der Waals surface area contributed by atoms with Crippen molar-refractivity contribution in [1.29, 1.82) is 0 Å². The zero-order valence-corrected chi connectivity index (χ0v) is 22.4. The molecule has 0 aliphatic heterocycles. The minimum atomic E-state index is 0. The Labute approximate surface area is 221 Å². The van der Waals surface area contributed by atoms with E-state index >= 15 is 0 Å². The summed E-state index contributed by atoms with van der Waals surface area (Å²) in [4.78, 5) is 2.37. The van der Waals surface area contributed by atoms with Gasteiger partial charge < -0.3 is 19.1 Å². The third kappa shape index (κ3) is 6.51. The van der Waals surface area contributed by atoms with Crippen LogP contribution in [0.2, 0.25) is 0 Å². The minimum Gasteiger partial charge on any atom is -0.497 e. The number of likely N-dealkylation sites (N-methyl/N-ethyl adjacent to an activating group) is 1. The number of methoxy groups -OCH3 is 2. The molecule has 0 bridgehead atoms. The molecule has 5 heteroatoms. The van der Waals surface area contributed by atoms with E-state index in [0.717, 1.165) is 43.3 Å². The van der Waals surface area contributed by atoms with Gasteiger partial charge in [-0.3, -0.25) is 0 Å². The first-order chi connectivity index (χ1) is 17.1. The van der Waals surface area contributed by atoms with Crippen LogP contribution in [0.4, 0.5) is 0 Å². The Morgan fingerprint density at radius 1 is 0.694 bits per heavy atom. The maximum atomic E-state index is 5.99. The number of nitrogens with zero attached hydrogens (tertiary/aromatic N) is 1. The largest absolute Gasteiger partial charge is 0.497 e. The summed E-state index contributed by atoms with van der Waals surface area (Å²) < 4.78 is 16.8. The van der Waals surface area contributed by atoms with Gasteiger partial charge in [-0.25, -0.2) is 0 Å². The Kier molecular flexibility index (Phi) is 10.0. The summed E-state index contributed by atoms with van der Waals surface area (Å²) in [6, 6.07) is 27.5. The summed E-state index contributed by atoms with van der Waals surface area (Å²) in [5, 5.41) is 2.41. The lowest BCUT2D eigenvalue weighted by Crippen LogP contribution is -2.27. The first kappa shape index (κ1) is 27.4. The van der Waals surface area contributed by atoms with E-state index < -0.39 is 0 Å². The van der Waals surface area contributed by atoms with Crippen molar-refractivity contribution in [3.05, 3.63) is 90.0 Å². The van der Waals surface area contributed by atoms with Crippen LogP contribution in [0.5, 0.6) is 17.2 Å². The molecule has 36 heavy (non-hydrogen) atoms. The highest BCUT2D eigenvalue weighted by Gasteiger charge is 2.12. The topological polar surface area (TPSA) is 30.9 Å². The summed E-state index contributed by atoms with van der Waals surface area (Å²) in [5.74, 6) is 2.64. The second kappa shape index (κ2) is 13.2. The Morgan fingerprint density at radius 2 is 1.33 bits per heavy atom. The van der Waals surface area contributed by atoms with Gasteiger partial charge in [0.05, 0.1) is 14.2 Å². The zero-order chi connectivity index (χ0) is 24.6. The van der Waals surface area contributed by atoms with E-state index in [1.165, 1.54) is 33.0 Å². The summed E-state index contributed by atoms with van der Waals surface area (Å²) in [5.41, 5.74) is 4.95. The van der Waals surface area contributed by atoms with E-state index in [9.17, 15) is 0 Å². The number of benzene rings is 4. The average molecular weight is 506 g/mol. The van der Waals surface area contributed by atoms with Crippen LogP contribution in [0.15, 0.2) is 78.9 Å². The zero-order valence-electron chi connectivity index (χ0n) is 21.6. The van der Waals surface area contributed by atoms with Gasteiger partial charge in [-0.2, -0.15) is 0 Å². The van der Waals surface area contributed by atoms with Crippen molar-refractivity contribution in [2.45, 2.75) is 20.3 Å². The number of hydrogen-bond donors (Lipinski definition) is 0. The van der Waals surface area contributed by atoms with E-state index in [-0.39, 0.29) is 12.4 Å². The van der Waals surface area contributed by atoms with Crippen LogP contribution < -0.4 is 14.2 Å². The Bertz CT molecular complexity index is 1240. The predicted octanol–water partition coefficient (Wildman–Crippen LogP) is 7.26. The van der Waals surface area contributed by atoms with Gasteiger partial charge in [0, 0.05) is 6.54 Å². The summed E-state index contributed by atoms with van der Waals surface area (Å²) in [7, 11) is 3.40. The van der Waals surface area contributed by atoms with Crippen molar-refractivity contribution in [2.24, 2.45) is 0 Å². The molecule has 0 spiro atoms. The van der Waals surface area contributed by atoms with Crippen LogP contribution >= 0.6 is 12.4 Å². The van der Waals surface area contributed by atoms with E-state index in [1.807, 2.05) is 18.2 Å². The van der Waals surface area contributed by atoms with Gasteiger partial charge in [0.25, 0.3) is 0 Å². The van der Waals surface area contributed by atoms with Crippen molar-refractivity contribution >= 4 is 23.2 Å². The standard InChI is InChI=1S/C31H35NO3.ClH/c1-5-32(6-2)19-20-35-27-12-7-23(8-13-27)21-31-29(24-9-14-26(33-3)15-10-24)17-11-25-22-28(34-4)16-18-30(25)31;/h7-18,22H,5-6,19-21H2,1-4H3;1H. The van der Waals surface area contributed by atoms with Crippen LogP contribution in [0, 0.1) is 0 Å². The molecule has 0 unspecified atom stereocenters. The van der Waals surface area contributed by atoms with Gasteiger partial charge >= 0.3 is 0 Å².